The van der Waals surface area contributed by atoms with Crippen LogP contribution < -0.4 is 4.74 Å². The van der Waals surface area contributed by atoms with E-state index in [2.05, 4.69) is 19.9 Å². The quantitative estimate of drug-likeness (QED) is 0.497. The minimum atomic E-state index is 0.113. The zero-order valence-corrected chi connectivity index (χ0v) is 15.4. The summed E-state index contributed by atoms with van der Waals surface area (Å²) >= 11 is 0. The van der Waals surface area contributed by atoms with Crippen LogP contribution in [0.25, 0.3) is 33.3 Å². The Morgan fingerprint density at radius 2 is 1.93 bits per heavy atom. The highest BCUT2D eigenvalue weighted by Crippen LogP contribution is 2.36. The first-order valence-corrected chi connectivity index (χ1v) is 9.51. The fraction of sp³-hybridized carbons (Fsp3) is 0.286. The van der Waals surface area contributed by atoms with Gasteiger partial charge in [-0.15, -0.1) is 0 Å². The molecule has 3 heterocycles. The second-order valence-corrected chi connectivity index (χ2v) is 6.96. The first-order chi connectivity index (χ1) is 13.8. The van der Waals surface area contributed by atoms with Gasteiger partial charge in [0.1, 0.15) is 18.2 Å². The Hall–Kier alpha value is -3.03. The Morgan fingerprint density at radius 1 is 1.07 bits per heavy atom. The summed E-state index contributed by atoms with van der Waals surface area (Å²) in [6, 6.07) is 13.6. The molecule has 0 aliphatic carbocycles. The molecule has 7 heteroatoms. The van der Waals surface area contributed by atoms with Crippen molar-refractivity contribution in [3.05, 3.63) is 42.5 Å². The van der Waals surface area contributed by atoms with E-state index in [1.807, 2.05) is 42.5 Å². The molecule has 1 fully saturated rings. The van der Waals surface area contributed by atoms with E-state index in [4.69, 9.17) is 9.47 Å². The van der Waals surface area contributed by atoms with Crippen LogP contribution >= 0.6 is 0 Å². The van der Waals surface area contributed by atoms with Crippen LogP contribution in [-0.4, -0.2) is 64.4 Å². The van der Waals surface area contributed by atoms with Gasteiger partial charge in [-0.3, -0.25) is 4.90 Å². The van der Waals surface area contributed by atoms with Crippen molar-refractivity contribution in [2.45, 2.75) is 0 Å². The van der Waals surface area contributed by atoms with Crippen molar-refractivity contribution in [1.82, 2.24) is 19.9 Å². The smallest absolute Gasteiger partial charge is 0.200 e. The average Bonchev–Trinajstić information content (AvgIpc) is 3.27. The standard InChI is InChI=1S/C21H22N4O3/c26-21-19(15-3-1-2-4-16(15)24-21)20-22-17-6-5-14(13-18(17)23-20)28-12-9-25-7-10-27-11-8-25/h1-6,13,24,26H,7-12H2,(H,22,23). The lowest BCUT2D eigenvalue weighted by Gasteiger charge is -2.26. The van der Waals surface area contributed by atoms with Gasteiger partial charge in [-0.2, -0.15) is 0 Å². The first-order valence-electron chi connectivity index (χ1n) is 9.51. The van der Waals surface area contributed by atoms with E-state index in [-0.39, 0.29) is 5.88 Å². The Morgan fingerprint density at radius 3 is 2.82 bits per heavy atom. The summed E-state index contributed by atoms with van der Waals surface area (Å²) < 4.78 is 11.3. The summed E-state index contributed by atoms with van der Waals surface area (Å²) in [5, 5.41) is 11.3. The van der Waals surface area contributed by atoms with Crippen molar-refractivity contribution >= 4 is 21.9 Å². The van der Waals surface area contributed by atoms with Crippen molar-refractivity contribution in [2.24, 2.45) is 0 Å². The van der Waals surface area contributed by atoms with Gasteiger partial charge in [-0.1, -0.05) is 18.2 Å². The van der Waals surface area contributed by atoms with Crippen molar-refractivity contribution < 1.29 is 14.6 Å². The van der Waals surface area contributed by atoms with E-state index >= 15 is 0 Å². The highest BCUT2D eigenvalue weighted by molar-refractivity contribution is 5.98. The summed E-state index contributed by atoms with van der Waals surface area (Å²) in [7, 11) is 0. The van der Waals surface area contributed by atoms with Gasteiger partial charge in [-0.05, 0) is 18.2 Å². The van der Waals surface area contributed by atoms with E-state index < -0.39 is 0 Å². The molecule has 1 aliphatic rings. The summed E-state index contributed by atoms with van der Waals surface area (Å²) in [5.41, 5.74) is 3.27. The normalized spacial score (nSPS) is 15.4. The zero-order chi connectivity index (χ0) is 18.9. The molecule has 2 aromatic carbocycles. The Kier molecular flexibility index (Phi) is 4.38. The summed E-state index contributed by atoms with van der Waals surface area (Å²) in [4.78, 5) is 13.3. The number of aromatic amines is 2. The number of morpholine rings is 1. The molecule has 0 bridgehead atoms. The third-order valence-electron chi connectivity index (χ3n) is 5.16. The molecule has 144 valence electrons. The molecule has 0 spiro atoms. The van der Waals surface area contributed by atoms with Gasteiger partial charge in [0.2, 0.25) is 5.88 Å². The molecule has 28 heavy (non-hydrogen) atoms. The van der Waals surface area contributed by atoms with Crippen molar-refractivity contribution in [3.8, 4) is 23.0 Å². The maximum Gasteiger partial charge on any atom is 0.200 e. The monoisotopic (exact) mass is 378 g/mol. The molecule has 4 aromatic rings. The average molecular weight is 378 g/mol. The maximum absolute atomic E-state index is 10.4. The third-order valence-corrected chi connectivity index (χ3v) is 5.16. The minimum Gasteiger partial charge on any atom is -0.494 e. The number of hydrogen-bond donors (Lipinski definition) is 3. The van der Waals surface area contributed by atoms with Gasteiger partial charge in [0.05, 0.1) is 29.8 Å². The zero-order valence-electron chi connectivity index (χ0n) is 15.4. The molecule has 0 unspecified atom stereocenters. The van der Waals surface area contributed by atoms with Crippen LogP contribution in [0.2, 0.25) is 0 Å². The fourth-order valence-electron chi connectivity index (χ4n) is 3.68. The topological polar surface area (TPSA) is 86.4 Å². The molecule has 0 amide bonds. The predicted octanol–water partition coefficient (Wildman–Crippen LogP) is 3.13. The Bertz CT molecular complexity index is 1110. The lowest BCUT2D eigenvalue weighted by Crippen LogP contribution is -2.38. The third kappa shape index (κ3) is 3.19. The first kappa shape index (κ1) is 17.1. The largest absolute Gasteiger partial charge is 0.494 e. The number of fused-ring (bicyclic) bond motifs is 2. The van der Waals surface area contributed by atoms with Crippen LogP contribution in [-0.2, 0) is 4.74 Å². The number of ether oxygens (including phenoxy) is 2. The van der Waals surface area contributed by atoms with E-state index in [9.17, 15) is 5.11 Å². The molecule has 2 aromatic heterocycles. The van der Waals surface area contributed by atoms with E-state index in [0.717, 1.165) is 60.5 Å². The Labute approximate surface area is 161 Å². The van der Waals surface area contributed by atoms with Gasteiger partial charge in [-0.25, -0.2) is 4.98 Å². The molecule has 0 saturated carbocycles. The molecule has 5 rings (SSSR count). The summed E-state index contributed by atoms with van der Waals surface area (Å²) in [5.74, 6) is 1.55. The molecular formula is C21H22N4O3. The van der Waals surface area contributed by atoms with Gasteiger partial charge >= 0.3 is 0 Å². The molecule has 1 aliphatic heterocycles. The maximum atomic E-state index is 10.4. The molecular weight excluding hydrogens is 356 g/mol. The number of nitrogens with one attached hydrogen (secondary N) is 2. The second kappa shape index (κ2) is 7.18. The van der Waals surface area contributed by atoms with Crippen molar-refractivity contribution in [3.63, 3.8) is 0 Å². The number of aromatic hydroxyl groups is 1. The van der Waals surface area contributed by atoms with Crippen LogP contribution in [0.4, 0.5) is 0 Å². The van der Waals surface area contributed by atoms with Crippen molar-refractivity contribution in [2.75, 3.05) is 39.5 Å². The number of para-hydroxylation sites is 1. The number of hydrogen-bond acceptors (Lipinski definition) is 5. The molecule has 1 saturated heterocycles. The molecule has 7 nitrogen and oxygen atoms in total. The lowest BCUT2D eigenvalue weighted by atomic mass is 10.1. The van der Waals surface area contributed by atoms with Crippen LogP contribution in [0.15, 0.2) is 42.5 Å². The van der Waals surface area contributed by atoms with Crippen LogP contribution in [0.3, 0.4) is 0 Å². The number of aromatic nitrogens is 3. The Balaban J connectivity index is 1.37. The summed E-state index contributed by atoms with van der Waals surface area (Å²) in [6.45, 7) is 5.03. The van der Waals surface area contributed by atoms with E-state index in [1.54, 1.807) is 0 Å². The number of H-pyrrole nitrogens is 2. The highest BCUT2D eigenvalue weighted by atomic mass is 16.5. The number of nitrogens with zero attached hydrogens (tertiary/aromatic N) is 2. The second-order valence-electron chi connectivity index (χ2n) is 6.96. The van der Waals surface area contributed by atoms with Crippen LogP contribution in [0.1, 0.15) is 0 Å². The summed E-state index contributed by atoms with van der Waals surface area (Å²) in [6.07, 6.45) is 0. The predicted molar refractivity (Wildman–Crippen MR) is 108 cm³/mol. The molecule has 0 atom stereocenters. The SMILES string of the molecule is Oc1[nH]c2ccccc2c1-c1nc2ccc(OCCN3CCOCC3)cc2[nH]1. The van der Waals surface area contributed by atoms with Crippen molar-refractivity contribution in [1.29, 1.82) is 0 Å². The van der Waals surface area contributed by atoms with Gasteiger partial charge < -0.3 is 24.5 Å². The fourth-order valence-corrected chi connectivity index (χ4v) is 3.68. The van der Waals surface area contributed by atoms with Gasteiger partial charge in [0, 0.05) is 36.6 Å². The highest BCUT2D eigenvalue weighted by Gasteiger charge is 2.16. The lowest BCUT2D eigenvalue weighted by molar-refractivity contribution is 0.0322. The van der Waals surface area contributed by atoms with Gasteiger partial charge in [0.15, 0.2) is 0 Å². The van der Waals surface area contributed by atoms with Crippen LogP contribution in [0, 0.1) is 0 Å². The number of rotatable bonds is 5. The van der Waals surface area contributed by atoms with E-state index in [0.29, 0.717) is 18.0 Å². The van der Waals surface area contributed by atoms with E-state index in [1.165, 1.54) is 0 Å². The molecule has 0 radical (unpaired) electrons. The minimum absolute atomic E-state index is 0.113. The van der Waals surface area contributed by atoms with Crippen LogP contribution in [0.5, 0.6) is 11.6 Å². The molecule has 3 N–H and O–H groups in total. The number of imidazole rings is 1. The van der Waals surface area contributed by atoms with Gasteiger partial charge in [0.25, 0.3) is 0 Å². The number of benzene rings is 2.